The topological polar surface area (TPSA) is 72.6 Å². The lowest BCUT2D eigenvalue weighted by Crippen LogP contribution is -2.44. The van der Waals surface area contributed by atoms with Gasteiger partial charge in [0.15, 0.2) is 6.10 Å². The molecule has 1 aliphatic rings. The molecule has 1 heterocycles. The van der Waals surface area contributed by atoms with E-state index in [0.29, 0.717) is 13.0 Å². The summed E-state index contributed by atoms with van der Waals surface area (Å²) in [5, 5.41) is 9.06. The first-order valence-corrected chi connectivity index (χ1v) is 3.14. The van der Waals surface area contributed by atoms with E-state index in [-0.39, 0.29) is 0 Å². The Balaban J connectivity index is 2.47. The van der Waals surface area contributed by atoms with E-state index in [4.69, 9.17) is 15.6 Å². The largest absolute Gasteiger partial charge is 0.390 e. The van der Waals surface area contributed by atoms with Crippen LogP contribution in [0.15, 0.2) is 0 Å². The van der Waals surface area contributed by atoms with Gasteiger partial charge < -0.3 is 15.6 Å². The summed E-state index contributed by atoms with van der Waals surface area (Å²) in [4.78, 5) is 10.5. The van der Waals surface area contributed by atoms with Crippen LogP contribution in [-0.2, 0) is 9.53 Å². The molecular weight excluding hydrogens is 134 g/mol. The number of hydrogen-bond donors (Lipinski definition) is 2. The van der Waals surface area contributed by atoms with E-state index >= 15 is 0 Å². The van der Waals surface area contributed by atoms with Crippen LogP contribution < -0.4 is 5.73 Å². The Hall–Kier alpha value is -0.610. The van der Waals surface area contributed by atoms with E-state index in [0.717, 1.165) is 0 Å². The van der Waals surface area contributed by atoms with Crippen molar-refractivity contribution in [1.82, 2.24) is 0 Å². The van der Waals surface area contributed by atoms with Crippen LogP contribution >= 0.6 is 0 Å². The van der Waals surface area contributed by atoms with Gasteiger partial charge in [0.05, 0.1) is 6.10 Å². The Kier molecular flexibility index (Phi) is 2.24. The second kappa shape index (κ2) is 2.98. The first-order chi connectivity index (χ1) is 4.72. The molecular formula is C6H10NO3. The Morgan fingerprint density at radius 2 is 2.50 bits per heavy atom. The lowest BCUT2D eigenvalue weighted by Gasteiger charge is -2.24. The van der Waals surface area contributed by atoms with Crippen molar-refractivity contribution in [3.63, 3.8) is 0 Å². The molecule has 0 aromatic rings. The molecule has 1 saturated heterocycles. The minimum atomic E-state index is -0.839. The molecule has 4 heteroatoms. The molecule has 0 aromatic carbocycles. The lowest BCUT2D eigenvalue weighted by atomic mass is 10.1. The average molecular weight is 144 g/mol. The molecule has 0 aliphatic carbocycles. The van der Waals surface area contributed by atoms with Crippen molar-refractivity contribution in [2.75, 3.05) is 6.61 Å². The summed E-state index contributed by atoms with van der Waals surface area (Å²) < 4.78 is 4.90. The average Bonchev–Trinajstić information content (AvgIpc) is 1.88. The number of rotatable bonds is 1. The van der Waals surface area contributed by atoms with Crippen molar-refractivity contribution in [2.45, 2.75) is 18.6 Å². The molecule has 3 N–H and O–H groups in total. The van der Waals surface area contributed by atoms with Crippen molar-refractivity contribution in [3.8, 4) is 0 Å². The predicted molar refractivity (Wildman–Crippen MR) is 33.9 cm³/mol. The second-order valence-corrected chi connectivity index (χ2v) is 2.21. The summed E-state index contributed by atoms with van der Waals surface area (Å²) in [6.07, 6.45) is 0.629. The molecule has 0 spiro atoms. The van der Waals surface area contributed by atoms with Gasteiger partial charge in [0.25, 0.3) is 0 Å². The van der Waals surface area contributed by atoms with Crippen molar-refractivity contribution < 1.29 is 14.6 Å². The second-order valence-electron chi connectivity index (χ2n) is 2.21. The molecule has 57 valence electrons. The number of carbonyl (C=O) groups excluding carboxylic acids is 1. The van der Waals surface area contributed by atoms with Gasteiger partial charge in [-0.25, -0.2) is 0 Å². The highest BCUT2D eigenvalue weighted by atomic mass is 16.5. The molecule has 1 aliphatic heterocycles. The fourth-order valence-corrected chi connectivity index (χ4v) is 0.906. The number of nitrogens with two attached hydrogens (primary N) is 1. The van der Waals surface area contributed by atoms with Gasteiger partial charge in [-0.05, 0) is 12.8 Å². The molecule has 0 saturated carbocycles. The number of primary amides is 1. The number of carbonyl (C=O) groups is 1. The van der Waals surface area contributed by atoms with Crippen molar-refractivity contribution >= 4 is 5.91 Å². The maximum atomic E-state index is 10.5. The highest BCUT2D eigenvalue weighted by molar-refractivity contribution is 5.79. The third-order valence-electron chi connectivity index (χ3n) is 1.41. The molecule has 1 radical (unpaired) electrons. The van der Waals surface area contributed by atoms with Crippen molar-refractivity contribution in [1.29, 1.82) is 0 Å². The van der Waals surface area contributed by atoms with E-state index in [2.05, 4.69) is 0 Å². The van der Waals surface area contributed by atoms with E-state index in [9.17, 15) is 4.79 Å². The minimum Gasteiger partial charge on any atom is -0.390 e. The van der Waals surface area contributed by atoms with E-state index < -0.39 is 18.1 Å². The summed E-state index contributed by atoms with van der Waals surface area (Å²) in [6, 6.07) is 0. The molecule has 1 amide bonds. The van der Waals surface area contributed by atoms with Crippen LogP contribution in [0.3, 0.4) is 0 Å². The van der Waals surface area contributed by atoms with Gasteiger partial charge >= 0.3 is 0 Å². The van der Waals surface area contributed by atoms with Crippen LogP contribution in [-0.4, -0.2) is 29.8 Å². The summed E-state index contributed by atoms with van der Waals surface area (Å²) >= 11 is 0. The van der Waals surface area contributed by atoms with Gasteiger partial charge in [-0.15, -0.1) is 0 Å². The van der Waals surface area contributed by atoms with Crippen LogP contribution in [0.25, 0.3) is 0 Å². The van der Waals surface area contributed by atoms with Crippen molar-refractivity contribution in [2.24, 2.45) is 5.73 Å². The Morgan fingerprint density at radius 3 is 2.90 bits per heavy atom. The summed E-state index contributed by atoms with van der Waals surface area (Å²) in [6.45, 7) is 0.463. The zero-order valence-corrected chi connectivity index (χ0v) is 5.49. The smallest absolute Gasteiger partial charge is 0.249 e. The first-order valence-electron chi connectivity index (χ1n) is 3.14. The van der Waals surface area contributed by atoms with Gasteiger partial charge in [0, 0.05) is 6.61 Å². The Labute approximate surface area is 59.0 Å². The number of aliphatic hydroxyl groups excluding tert-OH is 1. The van der Waals surface area contributed by atoms with Gasteiger partial charge in [0.1, 0.15) is 0 Å². The molecule has 1 rings (SSSR count). The fourth-order valence-electron chi connectivity index (χ4n) is 0.906. The minimum absolute atomic E-state index is 0.463. The first kappa shape index (κ1) is 7.50. The number of hydrogen-bond acceptors (Lipinski definition) is 3. The van der Waals surface area contributed by atoms with E-state index in [1.54, 1.807) is 6.42 Å². The monoisotopic (exact) mass is 144 g/mol. The lowest BCUT2D eigenvalue weighted by molar-refractivity contribution is -0.138. The normalized spacial score (nSPS) is 33.7. The van der Waals surface area contributed by atoms with Gasteiger partial charge in [-0.2, -0.15) is 0 Å². The molecule has 1 fully saturated rings. The molecule has 0 bridgehead atoms. The third kappa shape index (κ3) is 1.46. The van der Waals surface area contributed by atoms with E-state index in [1.807, 2.05) is 0 Å². The van der Waals surface area contributed by atoms with Gasteiger partial charge in [-0.3, -0.25) is 4.79 Å². The van der Waals surface area contributed by atoms with Crippen molar-refractivity contribution in [3.05, 3.63) is 6.42 Å². The molecule has 10 heavy (non-hydrogen) atoms. The fraction of sp³-hybridized carbons (Fsp3) is 0.667. The molecule has 4 nitrogen and oxygen atoms in total. The molecule has 0 aromatic heterocycles. The number of amides is 1. The van der Waals surface area contributed by atoms with Crippen LogP contribution in [0.5, 0.6) is 0 Å². The SMILES string of the molecule is NC(=O)C1OCC[CH][C@H]1O. The standard InChI is InChI=1S/C6H10NO3/c7-6(9)5-4(8)2-1-3-10-5/h2,4-5,8H,1,3H2,(H2,7,9)/t4-,5?/m1/s1. The van der Waals surface area contributed by atoms with Crippen LogP contribution in [0.1, 0.15) is 6.42 Å². The number of aliphatic hydroxyl groups is 1. The summed E-state index contributed by atoms with van der Waals surface area (Å²) in [5.74, 6) is -0.608. The summed E-state index contributed by atoms with van der Waals surface area (Å²) in [7, 11) is 0. The highest BCUT2D eigenvalue weighted by Crippen LogP contribution is 2.11. The van der Waals surface area contributed by atoms with Gasteiger partial charge in [-0.1, -0.05) is 0 Å². The zero-order valence-electron chi connectivity index (χ0n) is 5.49. The Morgan fingerprint density at radius 1 is 1.80 bits per heavy atom. The maximum Gasteiger partial charge on any atom is 0.249 e. The highest BCUT2D eigenvalue weighted by Gasteiger charge is 2.28. The quantitative estimate of drug-likeness (QED) is 0.487. The third-order valence-corrected chi connectivity index (χ3v) is 1.41. The predicted octanol–water partition coefficient (Wildman–Crippen LogP) is -1.17. The van der Waals surface area contributed by atoms with Crippen LogP contribution in [0.4, 0.5) is 0 Å². The summed E-state index contributed by atoms with van der Waals surface area (Å²) in [5.41, 5.74) is 4.91. The number of ether oxygens (including phenoxy) is 1. The molecule has 1 unspecified atom stereocenters. The van der Waals surface area contributed by atoms with Crippen LogP contribution in [0.2, 0.25) is 0 Å². The zero-order chi connectivity index (χ0) is 7.56. The van der Waals surface area contributed by atoms with E-state index in [1.165, 1.54) is 0 Å². The Bertz CT molecular complexity index is 137. The maximum absolute atomic E-state index is 10.5. The van der Waals surface area contributed by atoms with Crippen LogP contribution in [0, 0.1) is 6.42 Å². The van der Waals surface area contributed by atoms with Gasteiger partial charge in [0.2, 0.25) is 5.91 Å². The molecule has 2 atom stereocenters.